The first-order valence-corrected chi connectivity index (χ1v) is 9.76. The van der Waals surface area contributed by atoms with Crippen LogP contribution in [-0.4, -0.2) is 22.8 Å². The number of Topliss-reactive ketones (excluding diaryl/α,β-unsaturated/α-hetero) is 1. The minimum atomic E-state index is -0.220. The van der Waals surface area contributed by atoms with Gasteiger partial charge in [-0.2, -0.15) is 0 Å². The quantitative estimate of drug-likeness (QED) is 0.747. The summed E-state index contributed by atoms with van der Waals surface area (Å²) < 4.78 is 13.0. The van der Waals surface area contributed by atoms with Gasteiger partial charge in [-0.25, -0.2) is 4.39 Å². The summed E-state index contributed by atoms with van der Waals surface area (Å²) in [4.78, 5) is 15.4. The fourth-order valence-corrected chi connectivity index (χ4v) is 4.71. The van der Waals surface area contributed by atoms with Crippen molar-refractivity contribution in [1.82, 2.24) is 4.90 Å². The lowest BCUT2D eigenvalue weighted by atomic mass is 9.85. The molecule has 2 aromatic carbocycles. The van der Waals surface area contributed by atoms with E-state index in [1.165, 1.54) is 30.5 Å². The van der Waals surface area contributed by atoms with Gasteiger partial charge in [-0.05, 0) is 55.4 Å². The van der Waals surface area contributed by atoms with Gasteiger partial charge >= 0.3 is 0 Å². The van der Waals surface area contributed by atoms with Gasteiger partial charge in [0.2, 0.25) is 0 Å². The molecule has 0 aromatic heterocycles. The molecule has 0 radical (unpaired) electrons. The number of hydrogen-bond acceptors (Lipinski definition) is 2. The van der Waals surface area contributed by atoms with Crippen LogP contribution in [0.15, 0.2) is 54.6 Å². The Morgan fingerprint density at radius 1 is 0.923 bits per heavy atom. The van der Waals surface area contributed by atoms with E-state index in [-0.39, 0.29) is 11.7 Å². The molecular weight excluding hydrogens is 325 g/mol. The molecule has 2 aliphatic heterocycles. The number of hydrogen-bond donors (Lipinski definition) is 0. The highest BCUT2D eigenvalue weighted by Gasteiger charge is 2.42. The van der Waals surface area contributed by atoms with E-state index in [1.807, 2.05) is 0 Å². The molecule has 2 bridgehead atoms. The van der Waals surface area contributed by atoms with E-state index in [0.717, 1.165) is 31.4 Å². The van der Waals surface area contributed by atoms with Crippen LogP contribution < -0.4 is 0 Å². The fraction of sp³-hybridized carbons (Fsp3) is 0.435. The molecule has 2 aliphatic rings. The first kappa shape index (κ1) is 17.4. The Kier molecular flexibility index (Phi) is 5.16. The van der Waals surface area contributed by atoms with Gasteiger partial charge in [-0.1, -0.05) is 42.5 Å². The van der Waals surface area contributed by atoms with Gasteiger partial charge < -0.3 is 0 Å². The minimum absolute atomic E-state index is 0.208. The van der Waals surface area contributed by atoms with Crippen LogP contribution in [0.3, 0.4) is 0 Å². The lowest BCUT2D eigenvalue weighted by Crippen LogP contribution is -2.44. The Bertz CT molecular complexity index is 729. The maximum absolute atomic E-state index is 13.0. The molecule has 0 spiro atoms. The van der Waals surface area contributed by atoms with E-state index in [2.05, 4.69) is 35.2 Å². The van der Waals surface area contributed by atoms with Gasteiger partial charge in [0.05, 0.1) is 0 Å². The zero-order valence-corrected chi connectivity index (χ0v) is 15.1. The second kappa shape index (κ2) is 7.71. The zero-order valence-electron chi connectivity index (χ0n) is 15.1. The zero-order chi connectivity index (χ0) is 17.9. The highest BCUT2D eigenvalue weighted by Crippen LogP contribution is 2.40. The normalized spacial score (nSPS) is 25.3. The number of benzene rings is 2. The first-order chi connectivity index (χ1) is 12.7. The molecule has 3 heteroatoms. The summed E-state index contributed by atoms with van der Waals surface area (Å²) in [6.45, 7) is 1.01. The second-order valence-electron chi connectivity index (χ2n) is 7.80. The molecule has 0 aliphatic carbocycles. The number of piperidine rings is 1. The van der Waals surface area contributed by atoms with Crippen LogP contribution >= 0.6 is 0 Å². The van der Waals surface area contributed by atoms with E-state index in [1.54, 1.807) is 12.1 Å². The van der Waals surface area contributed by atoms with Crippen molar-refractivity contribution in [2.45, 2.75) is 57.2 Å². The lowest BCUT2D eigenvalue weighted by molar-refractivity contribution is -0.125. The summed E-state index contributed by atoms with van der Waals surface area (Å²) in [6, 6.07) is 18.3. The van der Waals surface area contributed by atoms with E-state index < -0.39 is 0 Å². The van der Waals surface area contributed by atoms with E-state index in [0.29, 0.717) is 24.3 Å². The number of aryl methyl sites for hydroxylation is 1. The van der Waals surface area contributed by atoms with Gasteiger partial charge in [0.25, 0.3) is 0 Å². The summed E-state index contributed by atoms with van der Waals surface area (Å²) in [6.07, 6.45) is 5.75. The molecule has 2 atom stereocenters. The van der Waals surface area contributed by atoms with Crippen molar-refractivity contribution in [2.75, 3.05) is 0 Å². The largest absolute Gasteiger partial charge is 0.299 e. The van der Waals surface area contributed by atoms with Gasteiger partial charge in [-0.15, -0.1) is 0 Å². The molecule has 2 fully saturated rings. The summed E-state index contributed by atoms with van der Waals surface area (Å²) in [5.41, 5.74) is 2.41. The van der Waals surface area contributed by atoms with E-state index in [9.17, 15) is 9.18 Å². The maximum Gasteiger partial charge on any atom is 0.136 e. The van der Waals surface area contributed by atoms with Crippen LogP contribution in [-0.2, 0) is 17.8 Å². The van der Waals surface area contributed by atoms with Crippen LogP contribution in [0.1, 0.15) is 43.2 Å². The molecule has 2 aromatic rings. The third-order valence-electron chi connectivity index (χ3n) is 6.12. The average Bonchev–Trinajstić information content (AvgIpc) is 2.89. The average molecular weight is 351 g/mol. The van der Waals surface area contributed by atoms with Crippen LogP contribution in [0, 0.1) is 11.7 Å². The smallest absolute Gasteiger partial charge is 0.136 e. The molecule has 0 saturated carbocycles. The number of carbonyl (C=O) groups excluding carboxylic acids is 1. The number of rotatable bonds is 6. The number of fused-ring (bicyclic) bond motifs is 2. The molecule has 0 amide bonds. The number of halogens is 1. The van der Waals surface area contributed by atoms with Crippen LogP contribution in [0.4, 0.5) is 4.39 Å². The molecule has 2 saturated heterocycles. The third-order valence-corrected chi connectivity index (χ3v) is 6.12. The van der Waals surface area contributed by atoms with Gasteiger partial charge in [0.1, 0.15) is 11.6 Å². The van der Waals surface area contributed by atoms with Crippen molar-refractivity contribution in [3.8, 4) is 0 Å². The molecule has 2 unspecified atom stereocenters. The summed E-state index contributed by atoms with van der Waals surface area (Å²) in [7, 11) is 0. The maximum atomic E-state index is 13.0. The lowest BCUT2D eigenvalue weighted by Gasteiger charge is -2.38. The van der Waals surface area contributed by atoms with Gasteiger partial charge in [-0.3, -0.25) is 9.69 Å². The van der Waals surface area contributed by atoms with Crippen molar-refractivity contribution in [1.29, 1.82) is 0 Å². The molecule has 2 nitrogen and oxygen atoms in total. The summed E-state index contributed by atoms with van der Waals surface area (Å²) in [5.74, 6) is 0.382. The second-order valence-corrected chi connectivity index (χ2v) is 7.80. The first-order valence-electron chi connectivity index (χ1n) is 9.76. The van der Waals surface area contributed by atoms with Gasteiger partial charge in [0, 0.05) is 31.0 Å². The van der Waals surface area contributed by atoms with Crippen molar-refractivity contribution < 1.29 is 9.18 Å². The predicted octanol–water partition coefficient (Wildman–Crippen LogP) is 4.77. The highest BCUT2D eigenvalue weighted by atomic mass is 19.1. The standard InChI is InChI=1S/C23H26FNO/c24-20-9-6-17(7-10-20)8-13-23(26)19-14-21-11-12-22(15-19)25(21)16-18-4-2-1-3-5-18/h1-7,9-10,19,21-22H,8,11-16H2. The number of ketones is 1. The third kappa shape index (κ3) is 3.88. The number of carbonyl (C=O) groups is 1. The summed E-state index contributed by atoms with van der Waals surface area (Å²) in [5, 5.41) is 0. The highest BCUT2D eigenvalue weighted by molar-refractivity contribution is 5.81. The SMILES string of the molecule is O=C(CCc1ccc(F)cc1)C1CC2CCC(C1)N2Cc1ccccc1. The van der Waals surface area contributed by atoms with Crippen LogP contribution in [0.5, 0.6) is 0 Å². The Labute approximate surface area is 155 Å². The molecule has 0 N–H and O–H groups in total. The fourth-order valence-electron chi connectivity index (χ4n) is 4.71. The van der Waals surface area contributed by atoms with Crippen molar-refractivity contribution in [2.24, 2.45) is 5.92 Å². The molecular formula is C23H26FNO. The van der Waals surface area contributed by atoms with Crippen LogP contribution in [0.2, 0.25) is 0 Å². The molecule has 4 rings (SSSR count). The van der Waals surface area contributed by atoms with E-state index >= 15 is 0 Å². The molecule has 2 heterocycles. The number of nitrogens with zero attached hydrogens (tertiary/aromatic N) is 1. The van der Waals surface area contributed by atoms with E-state index in [4.69, 9.17) is 0 Å². The monoisotopic (exact) mass is 351 g/mol. The molecule has 26 heavy (non-hydrogen) atoms. The summed E-state index contributed by atoms with van der Waals surface area (Å²) >= 11 is 0. The Hall–Kier alpha value is -2.00. The van der Waals surface area contributed by atoms with Crippen LogP contribution in [0.25, 0.3) is 0 Å². The van der Waals surface area contributed by atoms with Crippen molar-refractivity contribution in [3.63, 3.8) is 0 Å². The predicted molar refractivity (Wildman–Crippen MR) is 101 cm³/mol. The van der Waals surface area contributed by atoms with Gasteiger partial charge in [0.15, 0.2) is 0 Å². The van der Waals surface area contributed by atoms with Crippen molar-refractivity contribution in [3.05, 3.63) is 71.5 Å². The van der Waals surface area contributed by atoms with Crippen molar-refractivity contribution >= 4 is 5.78 Å². The Morgan fingerprint density at radius 2 is 1.58 bits per heavy atom. The minimum Gasteiger partial charge on any atom is -0.299 e. The molecule has 136 valence electrons. The topological polar surface area (TPSA) is 20.3 Å². The Morgan fingerprint density at radius 3 is 2.23 bits per heavy atom. The Balaban J connectivity index is 1.33.